The number of halogens is 2. The van der Waals surface area contributed by atoms with Crippen LogP contribution >= 0.6 is 23.2 Å². The predicted molar refractivity (Wildman–Crippen MR) is 88.7 cm³/mol. The third-order valence-electron chi connectivity index (χ3n) is 3.05. The van der Waals surface area contributed by atoms with Gasteiger partial charge >= 0.3 is 5.97 Å². The lowest BCUT2D eigenvalue weighted by Crippen LogP contribution is -2.14. The summed E-state index contributed by atoms with van der Waals surface area (Å²) in [6.45, 7) is 0. The second-order valence-electron chi connectivity index (χ2n) is 4.46. The molecule has 0 saturated carbocycles. The molecule has 7 heteroatoms. The summed E-state index contributed by atoms with van der Waals surface area (Å²) in [5, 5.41) is 3.17. The van der Waals surface area contributed by atoms with Gasteiger partial charge in [-0.25, -0.2) is 4.79 Å². The fourth-order valence-corrected chi connectivity index (χ4v) is 2.41. The number of esters is 1. The van der Waals surface area contributed by atoms with E-state index in [1.807, 2.05) is 0 Å². The van der Waals surface area contributed by atoms with Gasteiger partial charge in [-0.15, -0.1) is 0 Å². The lowest BCUT2D eigenvalue weighted by molar-refractivity contribution is 0.0600. The number of carbonyl (C=O) groups is 2. The molecule has 0 heterocycles. The molecule has 120 valence electrons. The molecule has 2 rings (SSSR count). The van der Waals surface area contributed by atoms with Crippen LogP contribution in [0.5, 0.6) is 5.75 Å². The molecule has 0 atom stereocenters. The van der Waals surface area contributed by atoms with E-state index in [1.54, 1.807) is 18.2 Å². The molecule has 0 saturated heterocycles. The first-order chi connectivity index (χ1) is 11.0. The number of carbonyl (C=O) groups excluding carboxylic acids is 2. The van der Waals surface area contributed by atoms with E-state index in [2.05, 4.69) is 10.1 Å². The largest absolute Gasteiger partial charge is 0.494 e. The van der Waals surface area contributed by atoms with Crippen molar-refractivity contribution in [2.75, 3.05) is 19.5 Å². The van der Waals surface area contributed by atoms with E-state index >= 15 is 0 Å². The van der Waals surface area contributed by atoms with Gasteiger partial charge in [0, 0.05) is 5.69 Å². The average molecular weight is 354 g/mol. The van der Waals surface area contributed by atoms with Crippen LogP contribution in [0.1, 0.15) is 20.7 Å². The lowest BCUT2D eigenvalue weighted by atomic mass is 10.1. The maximum Gasteiger partial charge on any atom is 0.337 e. The summed E-state index contributed by atoms with van der Waals surface area (Å²) in [6.07, 6.45) is 0. The number of nitrogens with one attached hydrogen (secondary N) is 1. The summed E-state index contributed by atoms with van der Waals surface area (Å²) in [5.74, 6) is -0.731. The minimum atomic E-state index is -0.472. The van der Waals surface area contributed by atoms with Crippen LogP contribution in [0.4, 0.5) is 5.69 Å². The Kier molecular flexibility index (Phi) is 5.47. The Morgan fingerprint density at radius 3 is 2.13 bits per heavy atom. The molecule has 2 aromatic carbocycles. The molecule has 1 N–H and O–H groups in total. The number of benzene rings is 2. The minimum Gasteiger partial charge on any atom is -0.494 e. The molecule has 0 aliphatic rings. The van der Waals surface area contributed by atoms with E-state index in [9.17, 15) is 9.59 Å². The van der Waals surface area contributed by atoms with Gasteiger partial charge in [-0.05, 0) is 36.4 Å². The van der Waals surface area contributed by atoms with E-state index in [0.29, 0.717) is 11.3 Å². The van der Waals surface area contributed by atoms with Crippen LogP contribution in [0.15, 0.2) is 36.4 Å². The zero-order valence-corrected chi connectivity index (χ0v) is 13.9. The van der Waals surface area contributed by atoms with Gasteiger partial charge in [-0.1, -0.05) is 23.2 Å². The van der Waals surface area contributed by atoms with E-state index in [-0.39, 0.29) is 21.4 Å². The highest BCUT2D eigenvalue weighted by Crippen LogP contribution is 2.34. The third-order valence-corrected chi connectivity index (χ3v) is 3.67. The van der Waals surface area contributed by atoms with Crippen LogP contribution < -0.4 is 10.1 Å². The molecule has 0 radical (unpaired) electrons. The topological polar surface area (TPSA) is 64.6 Å². The highest BCUT2D eigenvalue weighted by Gasteiger charge is 2.19. The molecule has 0 fully saturated rings. The third kappa shape index (κ3) is 3.75. The standard InChI is InChI=1S/C16H13Cl2NO4/c1-22-14-12(18)8-7-11(17)13(14)15(20)19-10-5-3-9(4-6-10)16(21)23-2/h3-8H,1-2H3,(H,19,20). The summed E-state index contributed by atoms with van der Waals surface area (Å²) in [5.41, 5.74) is 1.00. The molecule has 1 amide bonds. The van der Waals surface area contributed by atoms with Crippen molar-refractivity contribution in [1.29, 1.82) is 0 Å². The summed E-state index contributed by atoms with van der Waals surface area (Å²) < 4.78 is 9.75. The Hall–Kier alpha value is -2.24. The van der Waals surface area contributed by atoms with Crippen molar-refractivity contribution >= 4 is 40.8 Å². The number of hydrogen-bond acceptors (Lipinski definition) is 4. The number of anilines is 1. The summed E-state index contributed by atoms with van der Waals surface area (Å²) >= 11 is 12.1. The first kappa shape index (κ1) is 17.1. The van der Waals surface area contributed by atoms with Gasteiger partial charge in [0.25, 0.3) is 5.91 Å². The molecule has 0 spiro atoms. The molecule has 2 aromatic rings. The number of methoxy groups -OCH3 is 2. The Bertz CT molecular complexity index is 744. The minimum absolute atomic E-state index is 0.138. The molecule has 0 bridgehead atoms. The van der Waals surface area contributed by atoms with Crippen molar-refractivity contribution in [2.24, 2.45) is 0 Å². The van der Waals surface area contributed by atoms with Gasteiger partial charge in [0.2, 0.25) is 0 Å². The predicted octanol–water partition coefficient (Wildman–Crippen LogP) is 4.04. The second kappa shape index (κ2) is 7.35. The fraction of sp³-hybridized carbons (Fsp3) is 0.125. The summed E-state index contributed by atoms with van der Waals surface area (Å²) in [4.78, 5) is 23.8. The Morgan fingerprint density at radius 2 is 1.57 bits per heavy atom. The van der Waals surface area contributed by atoms with E-state index < -0.39 is 11.9 Å². The molecule has 23 heavy (non-hydrogen) atoms. The van der Waals surface area contributed by atoms with E-state index in [1.165, 1.54) is 32.4 Å². The van der Waals surface area contributed by atoms with Crippen LogP contribution in [0.25, 0.3) is 0 Å². The van der Waals surface area contributed by atoms with Crippen LogP contribution in [-0.4, -0.2) is 26.1 Å². The SMILES string of the molecule is COC(=O)c1ccc(NC(=O)c2c(Cl)ccc(Cl)c2OC)cc1. The molecule has 0 aromatic heterocycles. The van der Waals surface area contributed by atoms with E-state index in [0.717, 1.165) is 0 Å². The Morgan fingerprint density at radius 1 is 0.957 bits per heavy atom. The van der Waals surface area contributed by atoms with Crippen molar-refractivity contribution in [3.05, 3.63) is 57.6 Å². The molecule has 5 nitrogen and oxygen atoms in total. The maximum absolute atomic E-state index is 12.4. The van der Waals surface area contributed by atoms with Crippen LogP contribution in [0, 0.1) is 0 Å². The average Bonchev–Trinajstić information content (AvgIpc) is 2.56. The molecular formula is C16H13Cl2NO4. The number of rotatable bonds is 4. The highest BCUT2D eigenvalue weighted by atomic mass is 35.5. The highest BCUT2D eigenvalue weighted by molar-refractivity contribution is 6.37. The summed E-state index contributed by atoms with van der Waals surface area (Å²) in [7, 11) is 2.70. The van der Waals surface area contributed by atoms with Gasteiger partial charge in [-0.3, -0.25) is 4.79 Å². The van der Waals surface area contributed by atoms with Crippen LogP contribution in [-0.2, 0) is 4.74 Å². The van der Waals surface area contributed by atoms with Crippen molar-refractivity contribution in [1.82, 2.24) is 0 Å². The van der Waals surface area contributed by atoms with Crippen LogP contribution in [0.2, 0.25) is 10.0 Å². The van der Waals surface area contributed by atoms with Crippen molar-refractivity contribution in [2.45, 2.75) is 0 Å². The summed E-state index contributed by atoms with van der Waals surface area (Å²) in [6, 6.07) is 9.30. The molecule has 0 aliphatic heterocycles. The number of amides is 1. The zero-order valence-electron chi connectivity index (χ0n) is 12.4. The first-order valence-electron chi connectivity index (χ1n) is 6.49. The van der Waals surface area contributed by atoms with Gasteiger partial charge in [0.1, 0.15) is 5.56 Å². The zero-order chi connectivity index (χ0) is 17.0. The van der Waals surface area contributed by atoms with Crippen molar-refractivity contribution < 1.29 is 19.1 Å². The Balaban J connectivity index is 2.26. The van der Waals surface area contributed by atoms with Crippen molar-refractivity contribution in [3.8, 4) is 5.75 Å². The normalized spacial score (nSPS) is 10.1. The van der Waals surface area contributed by atoms with Crippen LogP contribution in [0.3, 0.4) is 0 Å². The quantitative estimate of drug-likeness (QED) is 0.842. The molecular weight excluding hydrogens is 341 g/mol. The molecule has 0 aliphatic carbocycles. The van der Waals surface area contributed by atoms with Gasteiger partial charge in [0.15, 0.2) is 5.75 Å². The second-order valence-corrected chi connectivity index (χ2v) is 5.27. The van der Waals surface area contributed by atoms with Gasteiger partial charge < -0.3 is 14.8 Å². The smallest absolute Gasteiger partial charge is 0.337 e. The van der Waals surface area contributed by atoms with Gasteiger partial charge in [0.05, 0.1) is 29.8 Å². The van der Waals surface area contributed by atoms with Gasteiger partial charge in [-0.2, -0.15) is 0 Å². The maximum atomic E-state index is 12.4. The van der Waals surface area contributed by atoms with E-state index in [4.69, 9.17) is 27.9 Å². The number of hydrogen-bond donors (Lipinski definition) is 1. The molecule has 0 unspecified atom stereocenters. The van der Waals surface area contributed by atoms with Crippen molar-refractivity contribution in [3.63, 3.8) is 0 Å². The first-order valence-corrected chi connectivity index (χ1v) is 7.25. The lowest BCUT2D eigenvalue weighted by Gasteiger charge is -2.12. The monoisotopic (exact) mass is 353 g/mol. The number of ether oxygens (including phenoxy) is 2. The fourth-order valence-electron chi connectivity index (χ4n) is 1.95. The Labute approximate surface area is 143 Å².